The highest BCUT2D eigenvalue weighted by Crippen LogP contribution is 2.36. The number of nitro benzene ring substituents is 1. The first-order valence-electron chi connectivity index (χ1n) is 7.20. The van der Waals surface area contributed by atoms with E-state index in [2.05, 4.69) is 0 Å². The number of furan rings is 1. The Morgan fingerprint density at radius 2 is 2.16 bits per heavy atom. The number of carbonyl (C=O) groups excluding carboxylic acids is 1. The molecule has 1 aliphatic heterocycles. The Kier molecular flexibility index (Phi) is 4.82. The summed E-state index contributed by atoms with van der Waals surface area (Å²) in [5.41, 5.74) is 1.12. The zero-order chi connectivity index (χ0) is 18.0. The number of nitrogens with zero attached hydrogens (tertiary/aromatic N) is 2. The van der Waals surface area contributed by atoms with Gasteiger partial charge >= 0.3 is 0 Å². The summed E-state index contributed by atoms with van der Waals surface area (Å²) in [5.74, 6) is 0.380. The maximum atomic E-state index is 12.7. The van der Waals surface area contributed by atoms with Gasteiger partial charge in [0.15, 0.2) is 4.32 Å². The molecule has 3 rings (SSSR count). The van der Waals surface area contributed by atoms with E-state index >= 15 is 0 Å². The molecule has 6 nitrogen and oxygen atoms in total. The van der Waals surface area contributed by atoms with Crippen LogP contribution in [0.5, 0.6) is 0 Å². The van der Waals surface area contributed by atoms with E-state index in [0.29, 0.717) is 20.7 Å². The van der Waals surface area contributed by atoms with Crippen molar-refractivity contribution < 1.29 is 14.1 Å². The van der Waals surface area contributed by atoms with Gasteiger partial charge in [-0.25, -0.2) is 0 Å². The molecule has 0 aliphatic carbocycles. The second kappa shape index (κ2) is 7.04. The van der Waals surface area contributed by atoms with Crippen molar-refractivity contribution in [2.24, 2.45) is 0 Å². The smallest absolute Gasteiger partial charge is 0.271 e. The first kappa shape index (κ1) is 17.1. The average Bonchev–Trinajstić information content (AvgIpc) is 3.16. The van der Waals surface area contributed by atoms with Crippen LogP contribution in [0.4, 0.5) is 11.4 Å². The molecule has 2 aromatic rings. The van der Waals surface area contributed by atoms with Gasteiger partial charge in [-0.05, 0) is 42.8 Å². The summed E-state index contributed by atoms with van der Waals surface area (Å²) in [4.78, 5) is 24.8. The molecule has 1 saturated heterocycles. The zero-order valence-corrected chi connectivity index (χ0v) is 14.7. The van der Waals surface area contributed by atoms with E-state index < -0.39 is 4.92 Å². The van der Waals surface area contributed by atoms with Gasteiger partial charge in [0.05, 0.1) is 21.8 Å². The summed E-state index contributed by atoms with van der Waals surface area (Å²) in [5, 5.41) is 10.9. The quantitative estimate of drug-likeness (QED) is 0.339. The number of nitro groups is 1. The highest BCUT2D eigenvalue weighted by Gasteiger charge is 2.33. The number of thioether (sulfide) groups is 1. The molecule has 0 N–H and O–H groups in total. The van der Waals surface area contributed by atoms with Crippen molar-refractivity contribution in [2.75, 3.05) is 4.90 Å². The minimum Gasteiger partial charge on any atom is -0.465 e. The summed E-state index contributed by atoms with van der Waals surface area (Å²) in [6.45, 7) is 1.85. The van der Waals surface area contributed by atoms with Crippen LogP contribution in [0.1, 0.15) is 12.7 Å². The van der Waals surface area contributed by atoms with Gasteiger partial charge in [0.1, 0.15) is 5.76 Å². The van der Waals surface area contributed by atoms with E-state index in [9.17, 15) is 14.9 Å². The van der Waals surface area contributed by atoms with E-state index in [1.54, 1.807) is 30.5 Å². The molecule has 0 unspecified atom stereocenters. The molecule has 1 aliphatic rings. The standard InChI is InChI=1S/C17H12N2O4S2/c1-11(8-14-6-3-7-23-14)9-15-16(20)18(17(24)25-15)12-4-2-5-13(10-12)19(21)22/h2-10H,1H3/b11-8-,15-9-. The molecule has 1 aromatic carbocycles. The Morgan fingerprint density at radius 1 is 1.36 bits per heavy atom. The van der Waals surface area contributed by atoms with Gasteiger partial charge in [-0.1, -0.05) is 30.0 Å². The van der Waals surface area contributed by atoms with Crippen molar-refractivity contribution in [3.63, 3.8) is 0 Å². The number of thiocarbonyl (C=S) groups is 1. The lowest BCUT2D eigenvalue weighted by atomic mass is 10.2. The number of carbonyl (C=O) groups is 1. The highest BCUT2D eigenvalue weighted by molar-refractivity contribution is 8.27. The van der Waals surface area contributed by atoms with Gasteiger partial charge in [0.2, 0.25) is 0 Å². The van der Waals surface area contributed by atoms with Crippen LogP contribution in [0.2, 0.25) is 0 Å². The molecular formula is C17H12N2O4S2. The molecule has 1 fully saturated rings. The summed E-state index contributed by atoms with van der Waals surface area (Å²) < 4.78 is 5.58. The van der Waals surface area contributed by atoms with Crippen molar-refractivity contribution in [3.05, 3.63) is 75.1 Å². The van der Waals surface area contributed by atoms with Crippen LogP contribution in [-0.2, 0) is 4.79 Å². The summed E-state index contributed by atoms with van der Waals surface area (Å²) in [7, 11) is 0. The second-order valence-electron chi connectivity index (χ2n) is 5.20. The minimum atomic E-state index is -0.507. The van der Waals surface area contributed by atoms with Gasteiger partial charge in [0.25, 0.3) is 11.6 Å². The molecule has 2 heterocycles. The monoisotopic (exact) mass is 372 g/mol. The number of benzene rings is 1. The van der Waals surface area contributed by atoms with E-state index in [-0.39, 0.29) is 11.6 Å². The lowest BCUT2D eigenvalue weighted by molar-refractivity contribution is -0.384. The summed E-state index contributed by atoms with van der Waals surface area (Å²) in [6.07, 6.45) is 5.10. The number of amides is 1. The Balaban J connectivity index is 1.89. The lowest BCUT2D eigenvalue weighted by Crippen LogP contribution is -2.27. The van der Waals surface area contributed by atoms with E-state index in [4.69, 9.17) is 16.6 Å². The predicted molar refractivity (Wildman–Crippen MR) is 101 cm³/mol. The van der Waals surface area contributed by atoms with E-state index in [1.165, 1.54) is 23.1 Å². The van der Waals surface area contributed by atoms with Crippen LogP contribution < -0.4 is 4.90 Å². The van der Waals surface area contributed by atoms with Crippen LogP contribution in [0, 0.1) is 10.1 Å². The second-order valence-corrected chi connectivity index (χ2v) is 6.87. The third kappa shape index (κ3) is 3.70. The fourth-order valence-corrected chi connectivity index (χ4v) is 3.63. The van der Waals surface area contributed by atoms with Gasteiger partial charge in [0, 0.05) is 12.1 Å². The van der Waals surface area contributed by atoms with Crippen LogP contribution in [0.15, 0.2) is 63.6 Å². The number of rotatable bonds is 4. The third-order valence-corrected chi connectivity index (χ3v) is 4.67. The molecule has 0 atom stereocenters. The third-order valence-electron chi connectivity index (χ3n) is 3.36. The molecular weight excluding hydrogens is 360 g/mol. The van der Waals surface area contributed by atoms with Crippen molar-refractivity contribution in [2.45, 2.75) is 6.92 Å². The average molecular weight is 372 g/mol. The van der Waals surface area contributed by atoms with E-state index in [1.807, 2.05) is 13.0 Å². The van der Waals surface area contributed by atoms with Crippen molar-refractivity contribution in [3.8, 4) is 0 Å². The molecule has 25 heavy (non-hydrogen) atoms. The predicted octanol–water partition coefficient (Wildman–Crippen LogP) is 4.54. The van der Waals surface area contributed by atoms with Gasteiger partial charge in [-0.2, -0.15) is 0 Å². The van der Waals surface area contributed by atoms with Crippen LogP contribution in [0.3, 0.4) is 0 Å². The van der Waals surface area contributed by atoms with Crippen molar-refractivity contribution >= 4 is 51.7 Å². The Hall–Kier alpha value is -2.71. The number of allylic oxidation sites excluding steroid dienone is 2. The zero-order valence-electron chi connectivity index (χ0n) is 13.0. The lowest BCUT2D eigenvalue weighted by Gasteiger charge is -2.13. The van der Waals surface area contributed by atoms with Crippen LogP contribution in [-0.4, -0.2) is 15.2 Å². The molecule has 1 amide bonds. The van der Waals surface area contributed by atoms with Crippen molar-refractivity contribution in [1.29, 1.82) is 0 Å². The number of hydrogen-bond acceptors (Lipinski definition) is 6. The first-order valence-corrected chi connectivity index (χ1v) is 8.42. The molecule has 0 saturated carbocycles. The maximum absolute atomic E-state index is 12.7. The Morgan fingerprint density at radius 3 is 2.84 bits per heavy atom. The van der Waals surface area contributed by atoms with Gasteiger partial charge < -0.3 is 4.42 Å². The Bertz CT molecular complexity index is 916. The summed E-state index contributed by atoms with van der Waals surface area (Å²) in [6, 6.07) is 9.43. The van der Waals surface area contributed by atoms with E-state index in [0.717, 1.165) is 17.3 Å². The molecule has 0 bridgehead atoms. The van der Waals surface area contributed by atoms with Crippen LogP contribution >= 0.6 is 24.0 Å². The Labute approximate surface area is 153 Å². The summed E-state index contributed by atoms with van der Waals surface area (Å²) >= 11 is 6.43. The molecule has 8 heteroatoms. The van der Waals surface area contributed by atoms with Crippen LogP contribution in [0.25, 0.3) is 6.08 Å². The number of non-ortho nitro benzene ring substituents is 1. The molecule has 1 aromatic heterocycles. The molecule has 0 spiro atoms. The SMILES string of the molecule is CC(=C/c1ccco1)/C=C1\SC(=S)N(c2cccc([N+](=O)[O-])c2)C1=O. The first-order chi connectivity index (χ1) is 12.0. The number of anilines is 1. The highest BCUT2D eigenvalue weighted by atomic mass is 32.2. The fraction of sp³-hybridized carbons (Fsp3) is 0.0588. The minimum absolute atomic E-state index is 0.0931. The largest absolute Gasteiger partial charge is 0.465 e. The van der Waals surface area contributed by atoms with Crippen molar-refractivity contribution in [1.82, 2.24) is 0 Å². The normalized spacial score (nSPS) is 16.8. The van der Waals surface area contributed by atoms with Gasteiger partial charge in [-0.15, -0.1) is 0 Å². The fourth-order valence-electron chi connectivity index (χ4n) is 2.28. The number of hydrogen-bond donors (Lipinski definition) is 0. The molecule has 0 radical (unpaired) electrons. The topological polar surface area (TPSA) is 76.6 Å². The maximum Gasteiger partial charge on any atom is 0.271 e. The molecule has 126 valence electrons. The van der Waals surface area contributed by atoms with Gasteiger partial charge in [-0.3, -0.25) is 19.8 Å².